The maximum absolute atomic E-state index is 12.3. The molecule has 0 saturated carbocycles. The number of carbonyl (C=O) groups excluding carboxylic acids is 1. The first-order valence-electron chi connectivity index (χ1n) is 15.1. The average molecular weight is 662 g/mol. The van der Waals surface area contributed by atoms with Crippen LogP contribution in [-0.4, -0.2) is 41.9 Å². The predicted molar refractivity (Wildman–Crippen MR) is 178 cm³/mol. The molecule has 0 spiro atoms. The van der Waals surface area contributed by atoms with Crippen molar-refractivity contribution in [2.75, 3.05) is 6.26 Å². The summed E-state index contributed by atoms with van der Waals surface area (Å²) < 4.78 is 37.8. The number of amides is 1. The van der Waals surface area contributed by atoms with E-state index in [9.17, 15) is 33.3 Å². The van der Waals surface area contributed by atoms with Gasteiger partial charge < -0.3 is 24.8 Å². The van der Waals surface area contributed by atoms with E-state index in [1.165, 1.54) is 24.3 Å². The average Bonchev–Trinajstić information content (AvgIpc) is 2.99. The van der Waals surface area contributed by atoms with Crippen molar-refractivity contribution in [2.45, 2.75) is 59.3 Å². The third kappa shape index (κ3) is 9.73. The number of benzene rings is 4. The highest BCUT2D eigenvalue weighted by Gasteiger charge is 2.21. The molecule has 0 bridgehead atoms. The molecule has 0 heterocycles. The van der Waals surface area contributed by atoms with Gasteiger partial charge in [0.1, 0.15) is 34.5 Å². The highest BCUT2D eigenvalue weighted by molar-refractivity contribution is 7.89. The molecule has 0 radical (unpaired) electrons. The first-order valence-corrected chi connectivity index (χ1v) is 17.0. The smallest absolute Gasteiger partial charge is 0.303 e. The van der Waals surface area contributed by atoms with Crippen LogP contribution in [0, 0.1) is 13.8 Å². The summed E-state index contributed by atoms with van der Waals surface area (Å²) in [6, 6.07) is 18.6. The molecule has 1 amide bonds. The van der Waals surface area contributed by atoms with E-state index in [0.717, 1.165) is 45.2 Å². The molecule has 4 rings (SSSR count). The van der Waals surface area contributed by atoms with Crippen LogP contribution < -0.4 is 14.2 Å². The van der Waals surface area contributed by atoms with Crippen molar-refractivity contribution < 1.29 is 42.8 Å². The van der Waals surface area contributed by atoms with Crippen LogP contribution in [0.1, 0.15) is 58.7 Å². The minimum absolute atomic E-state index is 0.0428. The molecule has 4 aromatic carbocycles. The fourth-order valence-corrected chi connectivity index (χ4v) is 5.96. The Bertz CT molecular complexity index is 1870. The molecule has 0 atom stereocenters. The second kappa shape index (κ2) is 15.0. The zero-order chi connectivity index (χ0) is 34.3. The Kier molecular flexibility index (Phi) is 11.1. The molecule has 0 aliphatic carbocycles. The van der Waals surface area contributed by atoms with Crippen molar-refractivity contribution in [2.24, 2.45) is 0 Å². The van der Waals surface area contributed by atoms with Crippen LogP contribution in [0.25, 0.3) is 0 Å². The number of phenolic OH excluding ortho intramolecular Hbond substituents is 2. The molecule has 4 aromatic rings. The molecule has 10 nitrogen and oxygen atoms in total. The van der Waals surface area contributed by atoms with Gasteiger partial charge in [0, 0.05) is 19.3 Å². The Labute approximate surface area is 274 Å². The Morgan fingerprint density at radius 1 is 0.766 bits per heavy atom. The Morgan fingerprint density at radius 2 is 1.34 bits per heavy atom. The lowest BCUT2D eigenvalue weighted by atomic mass is 9.89. The van der Waals surface area contributed by atoms with E-state index in [1.807, 2.05) is 43.7 Å². The number of ether oxygens (including phenoxy) is 2. The third-order valence-electron chi connectivity index (χ3n) is 7.64. The van der Waals surface area contributed by atoms with Gasteiger partial charge in [-0.05, 0) is 121 Å². The summed E-state index contributed by atoms with van der Waals surface area (Å²) in [5, 5.41) is 29.0. The second-order valence-electron chi connectivity index (χ2n) is 11.4. The Morgan fingerprint density at radius 3 is 1.87 bits per heavy atom. The van der Waals surface area contributed by atoms with Crippen molar-refractivity contribution in [3.8, 4) is 34.5 Å². The Hall–Kier alpha value is -5.03. The van der Waals surface area contributed by atoms with Crippen molar-refractivity contribution in [1.29, 1.82) is 0 Å². The molecule has 11 heteroatoms. The Balaban J connectivity index is 1.82. The normalized spacial score (nSPS) is 11.2. The highest BCUT2D eigenvalue weighted by Crippen LogP contribution is 2.39. The van der Waals surface area contributed by atoms with Gasteiger partial charge >= 0.3 is 5.97 Å². The number of nitrogens with one attached hydrogen (secondary N) is 1. The summed E-state index contributed by atoms with van der Waals surface area (Å²) in [5.74, 6) is 0.888. The third-order valence-corrected chi connectivity index (χ3v) is 8.24. The summed E-state index contributed by atoms with van der Waals surface area (Å²) in [7, 11) is -3.68. The van der Waals surface area contributed by atoms with E-state index in [4.69, 9.17) is 9.47 Å². The molecular formula is C36H39NO9S. The van der Waals surface area contributed by atoms with Gasteiger partial charge in [0.25, 0.3) is 0 Å². The number of hydrogen-bond donors (Lipinski definition) is 4. The van der Waals surface area contributed by atoms with Crippen LogP contribution in [0.3, 0.4) is 0 Å². The largest absolute Gasteiger partial charge is 0.508 e. The van der Waals surface area contributed by atoms with Crippen LogP contribution in [0.2, 0.25) is 0 Å². The number of hydrogen-bond acceptors (Lipinski definition) is 8. The quantitative estimate of drug-likeness (QED) is 0.119. The summed E-state index contributed by atoms with van der Waals surface area (Å²) in [4.78, 5) is 23.8. The van der Waals surface area contributed by atoms with Gasteiger partial charge in [0.05, 0.1) is 6.26 Å². The van der Waals surface area contributed by atoms with E-state index in [2.05, 4.69) is 0 Å². The zero-order valence-corrected chi connectivity index (χ0v) is 27.6. The lowest BCUT2D eigenvalue weighted by Crippen LogP contribution is -2.29. The molecular weight excluding hydrogens is 622 g/mol. The summed E-state index contributed by atoms with van der Waals surface area (Å²) >= 11 is 0. The number of phenols is 2. The van der Waals surface area contributed by atoms with Crippen LogP contribution in [-0.2, 0) is 45.3 Å². The van der Waals surface area contributed by atoms with Gasteiger partial charge in [-0.25, -0.2) is 8.42 Å². The van der Waals surface area contributed by atoms with Gasteiger partial charge in [-0.2, -0.15) is 0 Å². The summed E-state index contributed by atoms with van der Waals surface area (Å²) in [5.41, 5.74) is 5.83. The number of sulfonamides is 1. The van der Waals surface area contributed by atoms with Crippen LogP contribution >= 0.6 is 0 Å². The van der Waals surface area contributed by atoms with Gasteiger partial charge in [-0.3, -0.25) is 14.3 Å². The molecule has 0 aliphatic heterocycles. The second-order valence-corrected chi connectivity index (χ2v) is 13.2. The maximum Gasteiger partial charge on any atom is 0.303 e. The topological polar surface area (TPSA) is 159 Å². The minimum atomic E-state index is -3.68. The van der Waals surface area contributed by atoms with Crippen LogP contribution in [0.15, 0.2) is 66.7 Å². The molecule has 47 heavy (non-hydrogen) atoms. The van der Waals surface area contributed by atoms with Crippen molar-refractivity contribution in [1.82, 2.24) is 4.72 Å². The van der Waals surface area contributed by atoms with E-state index >= 15 is 0 Å². The van der Waals surface area contributed by atoms with E-state index < -0.39 is 21.9 Å². The van der Waals surface area contributed by atoms with E-state index in [1.54, 1.807) is 24.3 Å². The van der Waals surface area contributed by atoms with Crippen molar-refractivity contribution >= 4 is 21.9 Å². The lowest BCUT2D eigenvalue weighted by Gasteiger charge is -2.22. The van der Waals surface area contributed by atoms with E-state index in [0.29, 0.717) is 35.8 Å². The molecule has 0 aromatic heterocycles. The first-order chi connectivity index (χ1) is 22.2. The lowest BCUT2D eigenvalue weighted by molar-refractivity contribution is -0.137. The van der Waals surface area contributed by atoms with Crippen molar-refractivity contribution in [3.05, 3.63) is 106 Å². The van der Waals surface area contributed by atoms with Crippen LogP contribution in [0.5, 0.6) is 34.5 Å². The molecule has 4 N–H and O–H groups in total. The predicted octanol–water partition coefficient (Wildman–Crippen LogP) is 6.48. The monoisotopic (exact) mass is 661 g/mol. The molecule has 0 saturated heterocycles. The SMILES string of the molecule is CCc1c(Cc2cc(CCC(=O)NS(C)(=O)=O)cc(C)c2Oc2ccc(O)cc2)cc(CCC(=O)O)c(C)c1Oc1ccc(O)cc1. The molecule has 0 fully saturated rings. The molecule has 0 aliphatic rings. The number of aromatic hydroxyl groups is 2. The number of carbonyl (C=O) groups is 2. The van der Waals surface area contributed by atoms with Gasteiger partial charge in [0.2, 0.25) is 15.9 Å². The van der Waals surface area contributed by atoms with E-state index in [-0.39, 0.29) is 37.2 Å². The van der Waals surface area contributed by atoms with Gasteiger partial charge in [-0.1, -0.05) is 25.1 Å². The van der Waals surface area contributed by atoms with Gasteiger partial charge in [-0.15, -0.1) is 0 Å². The number of carboxylic acid groups (broad SMARTS) is 1. The minimum Gasteiger partial charge on any atom is -0.508 e. The summed E-state index contributed by atoms with van der Waals surface area (Å²) in [6.07, 6.45) is 2.36. The fourth-order valence-electron chi connectivity index (χ4n) is 5.44. The highest BCUT2D eigenvalue weighted by atomic mass is 32.2. The number of rotatable bonds is 14. The first kappa shape index (κ1) is 34.8. The van der Waals surface area contributed by atoms with Crippen molar-refractivity contribution in [3.63, 3.8) is 0 Å². The fraction of sp³-hybridized carbons (Fsp3) is 0.278. The van der Waals surface area contributed by atoms with Gasteiger partial charge in [0.15, 0.2) is 0 Å². The van der Waals surface area contributed by atoms with Crippen LogP contribution in [0.4, 0.5) is 0 Å². The number of aliphatic carboxylic acids is 1. The number of aryl methyl sites for hydroxylation is 3. The summed E-state index contributed by atoms with van der Waals surface area (Å²) in [6.45, 7) is 5.79. The zero-order valence-electron chi connectivity index (χ0n) is 26.8. The molecule has 0 unspecified atom stereocenters. The standard InChI is InChI=1S/C36H39NO9S/c1-5-32-26(20-25(7-17-34(41)42)23(3)36(32)46-31-14-10-29(39)11-15-31)21-27-19-24(6-16-33(40)37-47(4,43)44)18-22(2)35(27)45-30-12-8-28(38)9-13-30/h8-15,18-20,38-39H,5-7,16-17,21H2,1-4H3,(H,37,40)(H,41,42). The number of carboxylic acids is 1. The molecule has 248 valence electrons. The maximum atomic E-state index is 12.3.